The van der Waals surface area contributed by atoms with Gasteiger partial charge in [0, 0.05) is 19.9 Å². The van der Waals surface area contributed by atoms with Crippen LogP contribution < -0.4 is 0 Å². The van der Waals surface area contributed by atoms with Gasteiger partial charge in [-0.15, -0.1) is 10.2 Å². The summed E-state index contributed by atoms with van der Waals surface area (Å²) in [7, 11) is 1.85. The molecule has 0 saturated carbocycles. The topological polar surface area (TPSA) is 68.0 Å². The quantitative estimate of drug-likeness (QED) is 0.736. The van der Waals surface area contributed by atoms with Crippen LogP contribution >= 0.6 is 0 Å². The summed E-state index contributed by atoms with van der Waals surface area (Å²) in [6, 6.07) is 0. The van der Waals surface area contributed by atoms with Crippen LogP contribution in [0.5, 0.6) is 0 Å². The van der Waals surface area contributed by atoms with Crippen molar-refractivity contribution in [3.63, 3.8) is 0 Å². The number of aromatic nitrogens is 3. The molecule has 0 bridgehead atoms. The molecule has 1 N–H and O–H groups in total. The first kappa shape index (κ1) is 9.70. The maximum atomic E-state index is 10.4. The van der Waals surface area contributed by atoms with Gasteiger partial charge in [0.05, 0.1) is 0 Å². The summed E-state index contributed by atoms with van der Waals surface area (Å²) in [6.07, 6.45) is 2.44. The highest BCUT2D eigenvalue weighted by Crippen LogP contribution is 2.08. The fourth-order valence-electron chi connectivity index (χ4n) is 1.17. The molecular weight excluding hydrogens is 170 g/mol. The first-order chi connectivity index (χ1) is 6.09. The van der Waals surface area contributed by atoms with Crippen molar-refractivity contribution in [1.29, 1.82) is 0 Å². The van der Waals surface area contributed by atoms with Crippen molar-refractivity contribution in [3.8, 4) is 0 Å². The molecule has 5 nitrogen and oxygen atoms in total. The van der Waals surface area contributed by atoms with E-state index in [4.69, 9.17) is 5.11 Å². The van der Waals surface area contributed by atoms with E-state index in [9.17, 15) is 4.79 Å². The van der Waals surface area contributed by atoms with Gasteiger partial charge in [0.1, 0.15) is 12.2 Å². The largest absolute Gasteiger partial charge is 0.481 e. The lowest BCUT2D eigenvalue weighted by Gasteiger charge is -2.06. The summed E-state index contributed by atoms with van der Waals surface area (Å²) in [6.45, 7) is 1.89. The molecule has 0 amide bonds. The van der Waals surface area contributed by atoms with Gasteiger partial charge in [-0.1, -0.05) is 6.92 Å². The molecule has 1 aromatic heterocycles. The Kier molecular flexibility index (Phi) is 3.00. The van der Waals surface area contributed by atoms with Gasteiger partial charge in [-0.2, -0.15) is 0 Å². The Morgan fingerprint density at radius 2 is 2.46 bits per heavy atom. The third-order valence-electron chi connectivity index (χ3n) is 1.86. The average molecular weight is 183 g/mol. The molecule has 0 aromatic carbocycles. The second-order valence-corrected chi connectivity index (χ2v) is 3.27. The minimum atomic E-state index is -0.769. The summed E-state index contributed by atoms with van der Waals surface area (Å²) in [5.41, 5.74) is 0. The van der Waals surface area contributed by atoms with Gasteiger partial charge in [0.15, 0.2) is 0 Å². The van der Waals surface area contributed by atoms with E-state index in [1.807, 2.05) is 14.0 Å². The first-order valence-corrected chi connectivity index (χ1v) is 4.14. The Morgan fingerprint density at radius 1 is 1.77 bits per heavy atom. The SMILES string of the molecule is CC(CC(=O)O)Cc1nncn1C. The number of carbonyl (C=O) groups is 1. The molecule has 1 rings (SSSR count). The highest BCUT2D eigenvalue weighted by atomic mass is 16.4. The number of aliphatic carboxylic acids is 1. The lowest BCUT2D eigenvalue weighted by molar-refractivity contribution is -0.137. The van der Waals surface area contributed by atoms with Crippen molar-refractivity contribution in [2.45, 2.75) is 19.8 Å². The maximum Gasteiger partial charge on any atom is 0.303 e. The number of rotatable bonds is 4. The Labute approximate surface area is 76.4 Å². The molecule has 1 unspecified atom stereocenters. The summed E-state index contributed by atoms with van der Waals surface area (Å²) >= 11 is 0. The van der Waals surface area contributed by atoms with Crippen LogP contribution in [0.1, 0.15) is 19.2 Å². The molecule has 72 valence electrons. The summed E-state index contributed by atoms with van der Waals surface area (Å²) in [5, 5.41) is 16.1. The van der Waals surface area contributed by atoms with Crippen LogP contribution in [-0.2, 0) is 18.3 Å². The van der Waals surface area contributed by atoms with Crippen LogP contribution in [0.4, 0.5) is 0 Å². The number of hydrogen-bond acceptors (Lipinski definition) is 3. The molecule has 1 atom stereocenters. The second-order valence-electron chi connectivity index (χ2n) is 3.27. The van der Waals surface area contributed by atoms with Gasteiger partial charge in [0.25, 0.3) is 0 Å². The fraction of sp³-hybridized carbons (Fsp3) is 0.625. The number of aryl methyl sites for hydroxylation is 1. The minimum Gasteiger partial charge on any atom is -0.481 e. The highest BCUT2D eigenvalue weighted by molar-refractivity contribution is 5.66. The highest BCUT2D eigenvalue weighted by Gasteiger charge is 2.11. The number of carboxylic acids is 1. The van der Waals surface area contributed by atoms with E-state index >= 15 is 0 Å². The van der Waals surface area contributed by atoms with Crippen molar-refractivity contribution < 1.29 is 9.90 Å². The monoisotopic (exact) mass is 183 g/mol. The van der Waals surface area contributed by atoms with E-state index in [0.717, 1.165) is 5.82 Å². The lowest BCUT2D eigenvalue weighted by Crippen LogP contribution is -2.10. The zero-order chi connectivity index (χ0) is 9.84. The third-order valence-corrected chi connectivity index (χ3v) is 1.86. The van der Waals surface area contributed by atoms with Gasteiger partial charge in [-0.3, -0.25) is 4.79 Å². The zero-order valence-corrected chi connectivity index (χ0v) is 7.77. The zero-order valence-electron chi connectivity index (χ0n) is 7.77. The van der Waals surface area contributed by atoms with Gasteiger partial charge >= 0.3 is 5.97 Å². The molecule has 1 heterocycles. The van der Waals surface area contributed by atoms with E-state index in [2.05, 4.69) is 10.2 Å². The van der Waals surface area contributed by atoms with Crippen LogP contribution in [0.25, 0.3) is 0 Å². The van der Waals surface area contributed by atoms with Crippen LogP contribution in [0.15, 0.2) is 6.33 Å². The number of nitrogens with zero attached hydrogens (tertiary/aromatic N) is 3. The van der Waals surface area contributed by atoms with Crippen molar-refractivity contribution in [2.24, 2.45) is 13.0 Å². The van der Waals surface area contributed by atoms with E-state index in [0.29, 0.717) is 6.42 Å². The normalized spacial score (nSPS) is 12.8. The van der Waals surface area contributed by atoms with Gasteiger partial charge in [0.2, 0.25) is 0 Å². The predicted octanol–water partition coefficient (Wildman–Crippen LogP) is 0.468. The molecule has 0 saturated heterocycles. The van der Waals surface area contributed by atoms with Gasteiger partial charge in [-0.05, 0) is 5.92 Å². The molecular formula is C8H13N3O2. The summed E-state index contributed by atoms with van der Waals surface area (Å²) < 4.78 is 1.80. The molecule has 0 aliphatic rings. The lowest BCUT2D eigenvalue weighted by atomic mass is 10.0. The van der Waals surface area contributed by atoms with E-state index in [1.54, 1.807) is 10.9 Å². The van der Waals surface area contributed by atoms with Crippen molar-refractivity contribution in [1.82, 2.24) is 14.8 Å². The molecule has 0 radical (unpaired) electrons. The Morgan fingerprint density at radius 3 is 2.92 bits per heavy atom. The first-order valence-electron chi connectivity index (χ1n) is 4.14. The smallest absolute Gasteiger partial charge is 0.303 e. The van der Waals surface area contributed by atoms with Crippen LogP contribution in [0.3, 0.4) is 0 Å². The third kappa shape index (κ3) is 2.85. The van der Waals surface area contributed by atoms with E-state index in [1.165, 1.54) is 0 Å². The van der Waals surface area contributed by atoms with Crippen molar-refractivity contribution in [2.75, 3.05) is 0 Å². The molecule has 0 aliphatic heterocycles. The Bertz CT molecular complexity index is 295. The fourth-order valence-corrected chi connectivity index (χ4v) is 1.17. The van der Waals surface area contributed by atoms with Gasteiger partial charge in [-0.25, -0.2) is 0 Å². The Hall–Kier alpha value is -1.39. The predicted molar refractivity (Wildman–Crippen MR) is 46.1 cm³/mol. The van der Waals surface area contributed by atoms with Crippen LogP contribution in [0, 0.1) is 5.92 Å². The van der Waals surface area contributed by atoms with Crippen LogP contribution in [-0.4, -0.2) is 25.8 Å². The summed E-state index contributed by atoms with van der Waals surface area (Å²) in [4.78, 5) is 10.4. The van der Waals surface area contributed by atoms with E-state index < -0.39 is 5.97 Å². The maximum absolute atomic E-state index is 10.4. The van der Waals surface area contributed by atoms with Gasteiger partial charge < -0.3 is 9.67 Å². The number of carboxylic acid groups (broad SMARTS) is 1. The average Bonchev–Trinajstić information content (AvgIpc) is 2.34. The molecule has 0 spiro atoms. The van der Waals surface area contributed by atoms with Crippen molar-refractivity contribution in [3.05, 3.63) is 12.2 Å². The summed E-state index contributed by atoms with van der Waals surface area (Å²) in [5.74, 6) is 0.156. The number of hydrogen-bond donors (Lipinski definition) is 1. The molecule has 5 heteroatoms. The molecule has 0 fully saturated rings. The Balaban J connectivity index is 2.49. The standard InChI is InChI=1S/C8H13N3O2/c1-6(4-8(12)13)3-7-10-9-5-11(7)2/h5-6H,3-4H2,1-2H3,(H,12,13). The molecule has 1 aromatic rings. The van der Waals surface area contributed by atoms with E-state index in [-0.39, 0.29) is 12.3 Å². The molecule has 0 aliphatic carbocycles. The minimum absolute atomic E-state index is 0.0976. The van der Waals surface area contributed by atoms with Crippen molar-refractivity contribution >= 4 is 5.97 Å². The molecule has 13 heavy (non-hydrogen) atoms. The van der Waals surface area contributed by atoms with Crippen LogP contribution in [0.2, 0.25) is 0 Å². The second kappa shape index (κ2) is 4.02.